The summed E-state index contributed by atoms with van der Waals surface area (Å²) in [5, 5.41) is 13.3. The topological polar surface area (TPSA) is 62.2 Å². The number of carbonyl (C=O) groups is 1. The van der Waals surface area contributed by atoms with Gasteiger partial charge in [0.05, 0.1) is 16.8 Å². The van der Waals surface area contributed by atoms with E-state index in [9.17, 15) is 9.90 Å². The Morgan fingerprint density at radius 1 is 0.914 bits per heavy atom. The number of carbonyl (C=O) groups excluding carboxylic acids is 1. The zero-order valence-electron chi connectivity index (χ0n) is 19.8. The van der Waals surface area contributed by atoms with E-state index in [1.807, 2.05) is 36.4 Å². The number of benzene rings is 3. The Bertz CT molecular complexity index is 1340. The summed E-state index contributed by atoms with van der Waals surface area (Å²) < 4.78 is 0. The van der Waals surface area contributed by atoms with E-state index in [0.29, 0.717) is 23.2 Å². The van der Waals surface area contributed by atoms with E-state index in [1.54, 1.807) is 12.3 Å². The van der Waals surface area contributed by atoms with Gasteiger partial charge in [0.1, 0.15) is 0 Å². The second kappa shape index (κ2) is 10.1. The molecule has 35 heavy (non-hydrogen) atoms. The van der Waals surface area contributed by atoms with Crippen molar-refractivity contribution in [3.8, 4) is 11.1 Å². The van der Waals surface area contributed by atoms with Crippen LogP contribution in [0.15, 0.2) is 97.4 Å². The zero-order chi connectivity index (χ0) is 24.2. The van der Waals surface area contributed by atoms with Crippen LogP contribution in [0.3, 0.4) is 0 Å². The highest BCUT2D eigenvalue weighted by atomic mass is 16.3. The molecule has 0 aliphatic heterocycles. The third-order valence-corrected chi connectivity index (χ3v) is 7.11. The molecule has 1 aromatic heterocycles. The largest absolute Gasteiger partial charge is 0.513 e. The second-order valence-corrected chi connectivity index (χ2v) is 9.52. The Balaban J connectivity index is 1.31. The lowest BCUT2D eigenvalue weighted by molar-refractivity contribution is 0.102. The summed E-state index contributed by atoms with van der Waals surface area (Å²) >= 11 is 0. The summed E-state index contributed by atoms with van der Waals surface area (Å²) in [6, 6.07) is 26.2. The first kappa shape index (κ1) is 22.9. The van der Waals surface area contributed by atoms with Crippen molar-refractivity contribution < 1.29 is 9.90 Å². The molecule has 0 atom stereocenters. The van der Waals surface area contributed by atoms with Crippen molar-refractivity contribution in [2.75, 3.05) is 5.32 Å². The van der Waals surface area contributed by atoms with Crippen molar-refractivity contribution >= 4 is 22.5 Å². The smallest absolute Gasteiger partial charge is 0.256 e. The molecule has 0 spiro atoms. The molecule has 1 fully saturated rings. The summed E-state index contributed by atoms with van der Waals surface area (Å²) in [5.74, 6) is 1.31. The van der Waals surface area contributed by atoms with Gasteiger partial charge < -0.3 is 10.4 Å². The number of nitrogens with zero attached hydrogens (tertiary/aromatic N) is 1. The fourth-order valence-corrected chi connectivity index (χ4v) is 5.23. The Morgan fingerprint density at radius 3 is 2.34 bits per heavy atom. The van der Waals surface area contributed by atoms with Crippen molar-refractivity contribution in [2.24, 2.45) is 5.92 Å². The quantitative estimate of drug-likeness (QED) is 0.286. The number of pyridine rings is 1. The van der Waals surface area contributed by atoms with Crippen LogP contribution in [-0.4, -0.2) is 16.0 Å². The molecule has 4 nitrogen and oxygen atoms in total. The van der Waals surface area contributed by atoms with Crippen molar-refractivity contribution in [1.82, 2.24) is 4.98 Å². The number of amides is 1. The van der Waals surface area contributed by atoms with Crippen molar-refractivity contribution in [3.05, 3.63) is 109 Å². The number of rotatable bonds is 6. The van der Waals surface area contributed by atoms with Crippen LogP contribution in [0.4, 0.5) is 5.69 Å². The van der Waals surface area contributed by atoms with Gasteiger partial charge in [0.2, 0.25) is 0 Å². The van der Waals surface area contributed by atoms with Gasteiger partial charge >= 0.3 is 0 Å². The number of anilines is 1. The normalized spacial score (nSPS) is 17.7. The molecule has 0 bridgehead atoms. The van der Waals surface area contributed by atoms with Gasteiger partial charge in [0.15, 0.2) is 0 Å². The zero-order valence-corrected chi connectivity index (χ0v) is 19.8. The molecular weight excluding hydrogens is 432 g/mol. The van der Waals surface area contributed by atoms with Gasteiger partial charge in [-0.05, 0) is 78.5 Å². The van der Waals surface area contributed by atoms with Gasteiger partial charge in [-0.2, -0.15) is 0 Å². The molecule has 4 aromatic rings. The average molecular weight is 463 g/mol. The highest BCUT2D eigenvalue weighted by Gasteiger charge is 2.23. The lowest BCUT2D eigenvalue weighted by Crippen LogP contribution is -2.13. The van der Waals surface area contributed by atoms with Crippen molar-refractivity contribution in [2.45, 2.75) is 38.0 Å². The van der Waals surface area contributed by atoms with E-state index in [4.69, 9.17) is 0 Å². The number of hydrogen-bond donors (Lipinski definition) is 2. The summed E-state index contributed by atoms with van der Waals surface area (Å²) in [7, 11) is 0. The lowest BCUT2D eigenvalue weighted by Gasteiger charge is -2.28. The number of hydrogen-bond acceptors (Lipinski definition) is 3. The first-order valence-corrected chi connectivity index (χ1v) is 12.3. The number of para-hydroxylation sites is 1. The van der Waals surface area contributed by atoms with Crippen LogP contribution >= 0.6 is 0 Å². The van der Waals surface area contributed by atoms with E-state index in [2.05, 4.69) is 53.3 Å². The van der Waals surface area contributed by atoms with Crippen LogP contribution in [0.2, 0.25) is 0 Å². The summed E-state index contributed by atoms with van der Waals surface area (Å²) in [6.07, 6.45) is 7.02. The molecule has 0 saturated heterocycles. The molecule has 0 unspecified atom stereocenters. The van der Waals surface area contributed by atoms with E-state index < -0.39 is 0 Å². The number of aliphatic hydroxyl groups is 1. The van der Waals surface area contributed by atoms with E-state index in [0.717, 1.165) is 59.8 Å². The minimum Gasteiger partial charge on any atom is -0.513 e. The summed E-state index contributed by atoms with van der Waals surface area (Å²) in [5.41, 5.74) is 5.79. The van der Waals surface area contributed by atoms with Gasteiger partial charge in [-0.15, -0.1) is 0 Å². The van der Waals surface area contributed by atoms with Crippen LogP contribution < -0.4 is 5.32 Å². The molecule has 2 N–H and O–H groups in total. The van der Waals surface area contributed by atoms with Crippen LogP contribution in [0.25, 0.3) is 22.0 Å². The summed E-state index contributed by atoms with van der Waals surface area (Å²) in [6.45, 7) is 3.65. The maximum Gasteiger partial charge on any atom is 0.256 e. The first-order valence-electron chi connectivity index (χ1n) is 12.3. The molecule has 176 valence electrons. The number of fused-ring (bicyclic) bond motifs is 1. The van der Waals surface area contributed by atoms with Crippen LogP contribution in [0.1, 0.15) is 53.9 Å². The predicted octanol–water partition coefficient (Wildman–Crippen LogP) is 7.89. The molecule has 3 aromatic carbocycles. The molecule has 0 radical (unpaired) electrons. The SMILES string of the molecule is C=C(O)CC1CCC(c2ccc(-c3ccc4c(C(=O)Nc5ccccc5)ccnc4c3)cc2)CC1. The van der Waals surface area contributed by atoms with Gasteiger partial charge in [0.25, 0.3) is 5.91 Å². The lowest BCUT2D eigenvalue weighted by atomic mass is 9.77. The standard InChI is InChI=1S/C31H30N2O2/c1-21(34)19-22-7-9-23(10-8-22)24-11-13-25(14-12-24)26-15-16-28-29(17-18-32-30(28)20-26)31(35)33-27-5-3-2-4-6-27/h2-6,11-18,20,22-23,34H,1,7-10,19H2,(H,33,35). The van der Waals surface area contributed by atoms with Gasteiger partial charge in [-0.3, -0.25) is 9.78 Å². The van der Waals surface area contributed by atoms with Crippen molar-refractivity contribution in [1.29, 1.82) is 0 Å². The molecule has 4 heteroatoms. The van der Waals surface area contributed by atoms with Crippen LogP contribution in [-0.2, 0) is 0 Å². The molecule has 1 aliphatic carbocycles. The predicted molar refractivity (Wildman–Crippen MR) is 143 cm³/mol. The minimum atomic E-state index is -0.140. The maximum absolute atomic E-state index is 12.9. The number of allylic oxidation sites excluding steroid dienone is 1. The third kappa shape index (κ3) is 5.27. The van der Waals surface area contributed by atoms with E-state index >= 15 is 0 Å². The van der Waals surface area contributed by atoms with Gasteiger partial charge in [-0.25, -0.2) is 0 Å². The molecule has 1 heterocycles. The Morgan fingerprint density at radius 2 is 1.63 bits per heavy atom. The Labute approximate surface area is 206 Å². The van der Waals surface area contributed by atoms with E-state index in [1.165, 1.54) is 5.56 Å². The minimum absolute atomic E-state index is 0.140. The molecule has 5 rings (SSSR count). The second-order valence-electron chi connectivity index (χ2n) is 9.52. The highest BCUT2D eigenvalue weighted by Crippen LogP contribution is 2.38. The van der Waals surface area contributed by atoms with Crippen LogP contribution in [0.5, 0.6) is 0 Å². The average Bonchev–Trinajstić information content (AvgIpc) is 2.89. The number of aliphatic hydroxyl groups excluding tert-OH is 1. The monoisotopic (exact) mass is 462 g/mol. The Hall–Kier alpha value is -3.92. The first-order chi connectivity index (χ1) is 17.1. The maximum atomic E-state index is 12.9. The van der Waals surface area contributed by atoms with Gasteiger partial charge in [0, 0.05) is 23.7 Å². The fourth-order valence-electron chi connectivity index (χ4n) is 5.23. The molecule has 1 saturated carbocycles. The number of aromatic nitrogens is 1. The highest BCUT2D eigenvalue weighted by molar-refractivity contribution is 6.12. The molecule has 1 aliphatic rings. The van der Waals surface area contributed by atoms with Gasteiger partial charge in [-0.1, -0.05) is 61.2 Å². The van der Waals surface area contributed by atoms with E-state index in [-0.39, 0.29) is 5.91 Å². The molecular formula is C31H30N2O2. The summed E-state index contributed by atoms with van der Waals surface area (Å²) in [4.78, 5) is 17.4. The fraction of sp³-hybridized carbons (Fsp3) is 0.226. The Kier molecular flexibility index (Phi) is 6.62. The number of nitrogens with one attached hydrogen (secondary N) is 1. The molecule has 1 amide bonds. The third-order valence-electron chi connectivity index (χ3n) is 7.11. The van der Waals surface area contributed by atoms with Crippen LogP contribution in [0, 0.1) is 5.92 Å². The van der Waals surface area contributed by atoms with Crippen molar-refractivity contribution in [3.63, 3.8) is 0 Å².